The number of alkyl halides is 3. The number of carboxylic acids is 1. The number of halogens is 3. The lowest BCUT2D eigenvalue weighted by Crippen LogP contribution is -2.46. The van der Waals surface area contributed by atoms with Crippen LogP contribution in [-0.4, -0.2) is 40.6 Å². The van der Waals surface area contributed by atoms with Gasteiger partial charge in [0.1, 0.15) is 0 Å². The summed E-state index contributed by atoms with van der Waals surface area (Å²) < 4.78 is 37.3. The number of rotatable bonds is 2. The van der Waals surface area contributed by atoms with Gasteiger partial charge < -0.3 is 10.0 Å². The van der Waals surface area contributed by atoms with Crippen molar-refractivity contribution in [3.63, 3.8) is 0 Å². The summed E-state index contributed by atoms with van der Waals surface area (Å²) in [4.78, 5) is 22.8. The number of carbonyl (C=O) groups is 2. The summed E-state index contributed by atoms with van der Waals surface area (Å²) in [7, 11) is 0. The molecule has 0 radical (unpaired) electrons. The Morgan fingerprint density at radius 3 is 2.50 bits per heavy atom. The van der Waals surface area contributed by atoms with Crippen molar-refractivity contribution in [2.24, 2.45) is 11.8 Å². The molecule has 0 spiro atoms. The number of hydrogen-bond acceptors (Lipinski definition) is 2. The lowest BCUT2D eigenvalue weighted by Gasteiger charge is -2.27. The van der Waals surface area contributed by atoms with E-state index in [4.69, 9.17) is 5.11 Å². The highest BCUT2D eigenvalue weighted by Gasteiger charge is 2.52. The number of nitrogens with zero attached hydrogens (tertiary/aromatic N) is 1. The van der Waals surface area contributed by atoms with Gasteiger partial charge in [-0.3, -0.25) is 9.59 Å². The van der Waals surface area contributed by atoms with E-state index in [1.54, 1.807) is 0 Å². The molecule has 2 fully saturated rings. The number of hydrogen-bond donors (Lipinski definition) is 1. The van der Waals surface area contributed by atoms with Crippen molar-refractivity contribution in [2.45, 2.75) is 37.9 Å². The molecule has 1 aliphatic carbocycles. The number of amides is 1. The molecule has 4 nitrogen and oxygen atoms in total. The minimum atomic E-state index is -4.92. The molecule has 3 atom stereocenters. The van der Waals surface area contributed by atoms with Crippen LogP contribution < -0.4 is 0 Å². The fraction of sp³-hybridized carbons (Fsp3) is 0.818. The summed E-state index contributed by atoms with van der Waals surface area (Å²) in [6.45, 7) is 0.0426. The molecule has 0 unspecified atom stereocenters. The van der Waals surface area contributed by atoms with Gasteiger partial charge in [0, 0.05) is 12.6 Å². The van der Waals surface area contributed by atoms with Crippen molar-refractivity contribution >= 4 is 11.9 Å². The number of carboxylic acid groups (broad SMARTS) is 1. The molecule has 1 N–H and O–H groups in total. The van der Waals surface area contributed by atoms with Crippen LogP contribution >= 0.6 is 0 Å². The Kier molecular flexibility index (Phi) is 3.25. The Bertz CT molecular complexity index is 369. The largest absolute Gasteiger partial charge is 0.481 e. The van der Waals surface area contributed by atoms with Gasteiger partial charge in [0.05, 0.1) is 6.42 Å². The third-order valence-corrected chi connectivity index (χ3v) is 3.93. The first kappa shape index (κ1) is 13.2. The molecule has 7 heteroatoms. The van der Waals surface area contributed by atoms with E-state index in [0.29, 0.717) is 6.42 Å². The van der Waals surface area contributed by atoms with Crippen molar-refractivity contribution < 1.29 is 27.9 Å². The van der Waals surface area contributed by atoms with Gasteiger partial charge in [-0.2, -0.15) is 13.2 Å². The molecule has 0 aromatic carbocycles. The van der Waals surface area contributed by atoms with Crippen molar-refractivity contribution in [2.75, 3.05) is 6.54 Å². The van der Waals surface area contributed by atoms with Gasteiger partial charge in [0.15, 0.2) is 0 Å². The molecule has 0 aromatic rings. The first-order valence-electron chi connectivity index (χ1n) is 5.90. The van der Waals surface area contributed by atoms with Crippen LogP contribution in [-0.2, 0) is 9.59 Å². The zero-order valence-electron chi connectivity index (χ0n) is 9.61. The van der Waals surface area contributed by atoms with Crippen molar-refractivity contribution in [1.29, 1.82) is 0 Å². The summed E-state index contributed by atoms with van der Waals surface area (Å²) in [5.74, 6) is -3.12. The average molecular weight is 265 g/mol. The Labute approximate surface area is 102 Å². The van der Waals surface area contributed by atoms with Gasteiger partial charge >= 0.3 is 18.1 Å². The van der Waals surface area contributed by atoms with E-state index in [0.717, 1.165) is 17.7 Å². The smallest absolute Gasteiger partial charge is 0.471 e. The molecule has 1 aliphatic heterocycles. The minimum absolute atomic E-state index is 0.0284. The SMILES string of the molecule is O=C(O)C[C@H]1[C@H]2CCC[C@H]2CN1C(=O)C(F)(F)F. The van der Waals surface area contributed by atoms with Gasteiger partial charge in [-0.15, -0.1) is 0 Å². The predicted octanol–water partition coefficient (Wildman–Crippen LogP) is 1.65. The van der Waals surface area contributed by atoms with Crippen LogP contribution in [0.4, 0.5) is 13.2 Å². The van der Waals surface area contributed by atoms with Gasteiger partial charge in [0.25, 0.3) is 0 Å². The van der Waals surface area contributed by atoms with Gasteiger partial charge in [-0.25, -0.2) is 0 Å². The zero-order valence-corrected chi connectivity index (χ0v) is 9.61. The van der Waals surface area contributed by atoms with E-state index in [1.807, 2.05) is 0 Å². The van der Waals surface area contributed by atoms with E-state index >= 15 is 0 Å². The lowest BCUT2D eigenvalue weighted by atomic mass is 9.92. The molecular formula is C11H14F3NO3. The minimum Gasteiger partial charge on any atom is -0.481 e. The normalized spacial score (nSPS) is 31.5. The maximum Gasteiger partial charge on any atom is 0.471 e. The molecule has 102 valence electrons. The van der Waals surface area contributed by atoms with E-state index in [-0.39, 0.29) is 18.4 Å². The monoisotopic (exact) mass is 265 g/mol. The molecule has 0 bridgehead atoms. The summed E-state index contributed by atoms with van der Waals surface area (Å²) >= 11 is 0. The molecule has 1 heterocycles. The fourth-order valence-corrected chi connectivity index (χ4v) is 3.25. The van der Waals surface area contributed by atoms with E-state index in [1.165, 1.54) is 0 Å². The first-order valence-corrected chi connectivity index (χ1v) is 5.90. The maximum atomic E-state index is 12.4. The number of carbonyl (C=O) groups excluding carboxylic acids is 1. The molecule has 1 saturated carbocycles. The number of fused-ring (bicyclic) bond motifs is 1. The van der Waals surface area contributed by atoms with Gasteiger partial charge in [-0.1, -0.05) is 6.42 Å². The van der Waals surface area contributed by atoms with Crippen LogP contribution in [0.15, 0.2) is 0 Å². The maximum absolute atomic E-state index is 12.4. The Balaban J connectivity index is 2.18. The number of likely N-dealkylation sites (tertiary alicyclic amines) is 1. The van der Waals surface area contributed by atoms with Crippen LogP contribution in [0.5, 0.6) is 0 Å². The van der Waals surface area contributed by atoms with Crippen LogP contribution in [0.3, 0.4) is 0 Å². The second kappa shape index (κ2) is 4.44. The average Bonchev–Trinajstić information content (AvgIpc) is 2.77. The lowest BCUT2D eigenvalue weighted by molar-refractivity contribution is -0.187. The molecule has 1 amide bonds. The van der Waals surface area contributed by atoms with Crippen LogP contribution in [0, 0.1) is 11.8 Å². The Morgan fingerprint density at radius 1 is 1.28 bits per heavy atom. The fourth-order valence-electron chi connectivity index (χ4n) is 3.25. The molecule has 18 heavy (non-hydrogen) atoms. The summed E-state index contributed by atoms with van der Waals surface area (Å²) in [6, 6.07) is -0.802. The van der Waals surface area contributed by atoms with Gasteiger partial charge in [0.2, 0.25) is 0 Å². The quantitative estimate of drug-likeness (QED) is 0.826. The summed E-state index contributed by atoms with van der Waals surface area (Å²) in [6.07, 6.45) is -2.93. The first-order chi connectivity index (χ1) is 8.30. The van der Waals surface area contributed by atoms with Crippen LogP contribution in [0.1, 0.15) is 25.7 Å². The standard InChI is InChI=1S/C11H14F3NO3/c12-11(13,14)10(18)15-5-6-2-1-3-7(6)8(15)4-9(16)17/h6-8H,1-5H2,(H,16,17)/t6-,7-,8-/m0/s1. The van der Waals surface area contributed by atoms with Crippen molar-refractivity contribution in [1.82, 2.24) is 4.90 Å². The third kappa shape index (κ3) is 2.30. The van der Waals surface area contributed by atoms with E-state index < -0.39 is 30.5 Å². The highest BCUT2D eigenvalue weighted by molar-refractivity contribution is 5.83. The van der Waals surface area contributed by atoms with Crippen molar-refractivity contribution in [3.05, 3.63) is 0 Å². The predicted molar refractivity (Wildman–Crippen MR) is 54.6 cm³/mol. The molecule has 2 aliphatic rings. The third-order valence-electron chi connectivity index (χ3n) is 3.93. The summed E-state index contributed by atoms with van der Waals surface area (Å²) in [5, 5.41) is 8.78. The van der Waals surface area contributed by atoms with Crippen LogP contribution in [0.2, 0.25) is 0 Å². The zero-order chi connectivity index (χ0) is 13.5. The highest BCUT2D eigenvalue weighted by atomic mass is 19.4. The van der Waals surface area contributed by atoms with E-state index in [9.17, 15) is 22.8 Å². The topological polar surface area (TPSA) is 57.6 Å². The number of aliphatic carboxylic acids is 1. The Morgan fingerprint density at radius 2 is 1.94 bits per heavy atom. The van der Waals surface area contributed by atoms with E-state index in [2.05, 4.69) is 0 Å². The molecule has 0 aromatic heterocycles. The molecule has 1 saturated heterocycles. The van der Waals surface area contributed by atoms with Gasteiger partial charge in [-0.05, 0) is 24.7 Å². The Hall–Kier alpha value is -1.27. The van der Waals surface area contributed by atoms with Crippen molar-refractivity contribution in [3.8, 4) is 0 Å². The second-order valence-corrected chi connectivity index (χ2v) is 4.98. The highest BCUT2D eigenvalue weighted by Crippen LogP contribution is 2.44. The molecular weight excluding hydrogens is 251 g/mol. The molecule has 2 rings (SSSR count). The van der Waals surface area contributed by atoms with Crippen LogP contribution in [0.25, 0.3) is 0 Å². The summed E-state index contributed by atoms with van der Waals surface area (Å²) in [5.41, 5.74) is 0. The second-order valence-electron chi connectivity index (χ2n) is 4.98.